The van der Waals surface area contributed by atoms with Crippen LogP contribution in [-0.4, -0.2) is 11.6 Å². The molecule has 1 aromatic carbocycles. The Balaban J connectivity index is 2.56. The average molecular weight is 222 g/mol. The Hall–Kier alpha value is -2.72. The number of hydrogen-bond donors (Lipinski definition) is 0. The first kappa shape index (κ1) is 10.8. The van der Waals surface area contributed by atoms with Crippen LogP contribution in [0.3, 0.4) is 0 Å². The molecule has 0 saturated carbocycles. The van der Waals surface area contributed by atoms with Crippen LogP contribution in [0.5, 0.6) is 0 Å². The van der Waals surface area contributed by atoms with Gasteiger partial charge in [0, 0.05) is 5.56 Å². The summed E-state index contributed by atoms with van der Waals surface area (Å²) < 4.78 is 0. The summed E-state index contributed by atoms with van der Waals surface area (Å²) in [4.78, 5) is 23.3. The topological polar surface area (TPSA) is 81.7 Å². The Labute approximate surface area is 97.4 Å². The van der Waals surface area contributed by atoms with E-state index in [1.54, 1.807) is 36.4 Å². The summed E-state index contributed by atoms with van der Waals surface area (Å²) >= 11 is 0. The molecule has 0 saturated heterocycles. The highest BCUT2D eigenvalue weighted by atomic mass is 16.2. The van der Waals surface area contributed by atoms with Gasteiger partial charge in [-0.15, -0.1) is 0 Å². The lowest BCUT2D eigenvalue weighted by Crippen LogP contribution is -2.10. The SMILES string of the molecule is N#CC(C#N)=CC1C(=O)C(=O)c2ccccc21. The number of rotatable bonds is 1. The maximum atomic E-state index is 11.7. The smallest absolute Gasteiger partial charge is 0.229 e. The third-order valence-electron chi connectivity index (χ3n) is 2.62. The molecule has 1 aliphatic carbocycles. The van der Waals surface area contributed by atoms with Crippen LogP contribution in [0.1, 0.15) is 21.8 Å². The van der Waals surface area contributed by atoms with Crippen LogP contribution >= 0.6 is 0 Å². The number of nitriles is 2. The van der Waals surface area contributed by atoms with E-state index in [-0.39, 0.29) is 5.57 Å². The molecule has 1 unspecified atom stereocenters. The van der Waals surface area contributed by atoms with Gasteiger partial charge in [0.25, 0.3) is 0 Å². The number of nitrogens with zero attached hydrogens (tertiary/aromatic N) is 2. The molecule has 0 amide bonds. The molecule has 0 aromatic heterocycles. The maximum absolute atomic E-state index is 11.7. The minimum absolute atomic E-state index is 0.159. The monoisotopic (exact) mass is 222 g/mol. The molecular formula is C13H6N2O2. The van der Waals surface area contributed by atoms with Crippen LogP contribution in [0.25, 0.3) is 0 Å². The van der Waals surface area contributed by atoms with Gasteiger partial charge in [0.15, 0.2) is 0 Å². The first-order valence-corrected chi connectivity index (χ1v) is 4.88. The molecule has 4 heteroatoms. The molecule has 1 aliphatic rings. The molecule has 0 bridgehead atoms. The zero-order valence-electron chi connectivity index (χ0n) is 8.68. The van der Waals surface area contributed by atoms with Crippen LogP contribution in [0, 0.1) is 22.7 Å². The minimum Gasteiger partial charge on any atom is -0.289 e. The molecule has 80 valence electrons. The zero-order valence-corrected chi connectivity index (χ0v) is 8.68. The van der Waals surface area contributed by atoms with E-state index >= 15 is 0 Å². The molecule has 0 spiro atoms. The van der Waals surface area contributed by atoms with Crippen molar-refractivity contribution < 1.29 is 9.59 Å². The molecule has 0 heterocycles. The Morgan fingerprint density at radius 2 is 1.82 bits per heavy atom. The van der Waals surface area contributed by atoms with E-state index in [0.29, 0.717) is 11.1 Å². The normalized spacial score (nSPS) is 16.9. The van der Waals surface area contributed by atoms with Crippen LogP contribution in [0.4, 0.5) is 0 Å². The highest BCUT2D eigenvalue weighted by molar-refractivity contribution is 6.49. The number of allylic oxidation sites excluding steroid dienone is 2. The van der Waals surface area contributed by atoms with Crippen molar-refractivity contribution in [1.29, 1.82) is 10.5 Å². The first-order chi connectivity index (χ1) is 8.19. The largest absolute Gasteiger partial charge is 0.289 e. The molecule has 0 radical (unpaired) electrons. The number of ketones is 2. The lowest BCUT2D eigenvalue weighted by molar-refractivity contribution is -0.115. The van der Waals surface area contributed by atoms with Gasteiger partial charge in [0.1, 0.15) is 17.7 Å². The molecule has 0 aliphatic heterocycles. The lowest BCUT2D eigenvalue weighted by Gasteiger charge is -2.01. The van der Waals surface area contributed by atoms with Crippen molar-refractivity contribution in [2.75, 3.05) is 0 Å². The Kier molecular flexibility index (Phi) is 2.56. The van der Waals surface area contributed by atoms with Crippen molar-refractivity contribution in [3.05, 3.63) is 47.0 Å². The molecule has 0 fully saturated rings. The summed E-state index contributed by atoms with van der Waals surface area (Å²) in [7, 11) is 0. The number of carbonyl (C=O) groups is 2. The molecule has 4 nitrogen and oxygen atoms in total. The van der Waals surface area contributed by atoms with Crippen molar-refractivity contribution >= 4 is 11.6 Å². The van der Waals surface area contributed by atoms with E-state index in [9.17, 15) is 9.59 Å². The molecule has 2 rings (SSSR count). The van der Waals surface area contributed by atoms with Crippen molar-refractivity contribution in [3.8, 4) is 12.1 Å². The number of hydrogen-bond acceptors (Lipinski definition) is 4. The Morgan fingerprint density at radius 3 is 2.47 bits per heavy atom. The summed E-state index contributed by atoms with van der Waals surface area (Å²) in [5.74, 6) is -1.95. The molecular weight excluding hydrogens is 216 g/mol. The average Bonchev–Trinajstić information content (AvgIpc) is 2.61. The fourth-order valence-electron chi connectivity index (χ4n) is 1.82. The summed E-state index contributed by atoms with van der Waals surface area (Å²) in [5, 5.41) is 17.3. The Bertz CT molecular complexity index is 614. The minimum atomic E-state index is -0.798. The van der Waals surface area contributed by atoms with Gasteiger partial charge in [0.2, 0.25) is 11.6 Å². The van der Waals surface area contributed by atoms with Crippen LogP contribution in [0.2, 0.25) is 0 Å². The standard InChI is InChI=1S/C13H6N2O2/c14-6-8(7-15)5-11-9-3-1-2-4-10(9)12(16)13(11)17/h1-5,11H. The number of carbonyl (C=O) groups excluding carboxylic acids is 2. The van der Waals surface area contributed by atoms with Crippen LogP contribution in [0.15, 0.2) is 35.9 Å². The van der Waals surface area contributed by atoms with Gasteiger partial charge in [-0.1, -0.05) is 24.3 Å². The maximum Gasteiger partial charge on any atom is 0.229 e. The predicted octanol–water partition coefficient (Wildman–Crippen LogP) is 1.51. The van der Waals surface area contributed by atoms with Gasteiger partial charge >= 0.3 is 0 Å². The van der Waals surface area contributed by atoms with Gasteiger partial charge in [-0.25, -0.2) is 0 Å². The van der Waals surface area contributed by atoms with Crippen molar-refractivity contribution in [2.45, 2.75) is 5.92 Å². The van der Waals surface area contributed by atoms with Gasteiger partial charge in [-0.2, -0.15) is 10.5 Å². The quantitative estimate of drug-likeness (QED) is 0.532. The van der Waals surface area contributed by atoms with E-state index in [4.69, 9.17) is 10.5 Å². The summed E-state index contributed by atoms with van der Waals surface area (Å²) in [6.45, 7) is 0. The van der Waals surface area contributed by atoms with E-state index < -0.39 is 17.5 Å². The zero-order chi connectivity index (χ0) is 12.4. The third kappa shape index (κ3) is 1.62. The van der Waals surface area contributed by atoms with Crippen molar-refractivity contribution in [2.24, 2.45) is 0 Å². The van der Waals surface area contributed by atoms with Gasteiger partial charge in [-0.3, -0.25) is 9.59 Å². The lowest BCUT2D eigenvalue weighted by atomic mass is 9.98. The highest BCUT2D eigenvalue weighted by Crippen LogP contribution is 2.31. The van der Waals surface area contributed by atoms with Gasteiger partial charge < -0.3 is 0 Å². The summed E-state index contributed by atoms with van der Waals surface area (Å²) in [5.41, 5.74) is 0.757. The Morgan fingerprint density at radius 1 is 1.18 bits per heavy atom. The third-order valence-corrected chi connectivity index (χ3v) is 2.62. The molecule has 0 N–H and O–H groups in total. The van der Waals surface area contributed by atoms with Gasteiger partial charge in [0.05, 0.1) is 5.92 Å². The number of fused-ring (bicyclic) bond motifs is 1. The fourth-order valence-corrected chi connectivity index (χ4v) is 1.82. The second-order valence-corrected chi connectivity index (χ2v) is 3.56. The first-order valence-electron chi connectivity index (χ1n) is 4.88. The number of benzene rings is 1. The molecule has 17 heavy (non-hydrogen) atoms. The molecule has 1 aromatic rings. The van der Waals surface area contributed by atoms with E-state index in [0.717, 1.165) is 0 Å². The second-order valence-electron chi connectivity index (χ2n) is 3.56. The molecule has 1 atom stereocenters. The van der Waals surface area contributed by atoms with Gasteiger partial charge in [-0.05, 0) is 11.6 Å². The van der Waals surface area contributed by atoms with E-state index in [1.165, 1.54) is 6.08 Å². The van der Waals surface area contributed by atoms with Crippen LogP contribution in [-0.2, 0) is 4.79 Å². The fraction of sp³-hybridized carbons (Fsp3) is 0.0769. The summed E-state index contributed by atoms with van der Waals surface area (Å²) in [6.07, 6.45) is 1.24. The van der Waals surface area contributed by atoms with E-state index in [2.05, 4.69) is 0 Å². The second kappa shape index (κ2) is 4.03. The predicted molar refractivity (Wildman–Crippen MR) is 57.8 cm³/mol. The highest BCUT2D eigenvalue weighted by Gasteiger charge is 2.36. The number of Topliss-reactive ketones (excluding diaryl/α,β-unsaturated/α-hetero) is 2. The van der Waals surface area contributed by atoms with Crippen molar-refractivity contribution in [1.82, 2.24) is 0 Å². The van der Waals surface area contributed by atoms with Crippen molar-refractivity contribution in [3.63, 3.8) is 0 Å². The van der Waals surface area contributed by atoms with Crippen LogP contribution < -0.4 is 0 Å². The van der Waals surface area contributed by atoms with E-state index in [1.807, 2.05) is 0 Å². The summed E-state index contributed by atoms with van der Waals surface area (Å²) in [6, 6.07) is 9.98.